The molecule has 0 aromatic carbocycles. The Hall–Kier alpha value is -0.710. The van der Waals surface area contributed by atoms with Crippen molar-refractivity contribution in [1.29, 1.82) is 0 Å². The highest BCUT2D eigenvalue weighted by Crippen LogP contribution is 2.72. The summed E-state index contributed by atoms with van der Waals surface area (Å²) >= 11 is 0. The van der Waals surface area contributed by atoms with Gasteiger partial charge in [0.05, 0.1) is 17.8 Å². The van der Waals surface area contributed by atoms with Gasteiger partial charge in [0.1, 0.15) is 11.9 Å². The maximum Gasteiger partial charge on any atom is 0.138 e. The quantitative estimate of drug-likeness (QED) is 0.398. The van der Waals surface area contributed by atoms with Crippen LogP contribution in [0.15, 0.2) is 11.1 Å². The van der Waals surface area contributed by atoms with Gasteiger partial charge in [-0.05, 0) is 86.9 Å². The third kappa shape index (κ3) is 3.16. The van der Waals surface area contributed by atoms with E-state index in [4.69, 9.17) is 4.74 Å². The van der Waals surface area contributed by atoms with E-state index < -0.39 is 17.6 Å². The summed E-state index contributed by atoms with van der Waals surface area (Å²) in [6, 6.07) is 0. The molecule has 4 heteroatoms. The number of hydrogen-bond donors (Lipinski definition) is 2. The van der Waals surface area contributed by atoms with Crippen LogP contribution in [0.1, 0.15) is 107 Å². The summed E-state index contributed by atoms with van der Waals surface area (Å²) in [5, 5.41) is 22.4. The molecule has 1 heterocycles. The van der Waals surface area contributed by atoms with E-state index >= 15 is 0 Å². The maximum atomic E-state index is 12.9. The van der Waals surface area contributed by atoms with Crippen molar-refractivity contribution in [1.82, 2.24) is 0 Å². The minimum Gasteiger partial charge on any atom is -0.392 e. The Labute approximate surface area is 206 Å². The average molecular weight is 473 g/mol. The van der Waals surface area contributed by atoms with E-state index in [2.05, 4.69) is 55.4 Å². The number of carbonyl (C=O) groups excluding carboxylic acids is 1. The zero-order valence-electron chi connectivity index (χ0n) is 22.8. The molecule has 0 aromatic heterocycles. The summed E-state index contributed by atoms with van der Waals surface area (Å²) in [6.07, 6.45) is 6.79. The van der Waals surface area contributed by atoms with Crippen LogP contribution in [0.2, 0.25) is 0 Å². The lowest BCUT2D eigenvalue weighted by Crippen LogP contribution is -2.58. The average Bonchev–Trinajstić information content (AvgIpc) is 3.26. The van der Waals surface area contributed by atoms with E-state index in [-0.39, 0.29) is 33.9 Å². The minimum atomic E-state index is -0.464. The highest BCUT2D eigenvalue weighted by atomic mass is 16.6. The Morgan fingerprint density at radius 3 is 2.26 bits per heavy atom. The highest BCUT2D eigenvalue weighted by Gasteiger charge is 2.65. The van der Waals surface area contributed by atoms with Crippen molar-refractivity contribution >= 4 is 5.78 Å². The van der Waals surface area contributed by atoms with Gasteiger partial charge < -0.3 is 14.9 Å². The molecular formula is C30H48O4. The molecule has 4 aliphatic carbocycles. The van der Waals surface area contributed by atoms with Crippen molar-refractivity contribution in [3.8, 4) is 0 Å². The standard InChI is InChI=1S/C30H48O4/c1-17(15-22(32)25-27(4,5)34-25)18-9-13-30(8)20-16-21(31)24-26(2,3)23(33)11-12-28(24,6)19(20)10-14-29(18,30)7/h17-18,21-22,24-25,31-32H,9-16H2,1-8H3/t17-,18-,21+,22?,24-,25-,28+,29-,30+/m0/s1. The van der Waals surface area contributed by atoms with Crippen LogP contribution in [0.5, 0.6) is 0 Å². The number of aliphatic hydroxyl groups is 2. The van der Waals surface area contributed by atoms with Crippen LogP contribution in [0.3, 0.4) is 0 Å². The Kier molecular flexibility index (Phi) is 5.44. The zero-order chi connectivity index (χ0) is 25.1. The van der Waals surface area contributed by atoms with Gasteiger partial charge in [-0.15, -0.1) is 0 Å². The number of epoxide rings is 1. The van der Waals surface area contributed by atoms with E-state index in [9.17, 15) is 15.0 Å². The molecule has 34 heavy (non-hydrogen) atoms. The molecule has 0 spiro atoms. The Morgan fingerprint density at radius 2 is 1.65 bits per heavy atom. The predicted molar refractivity (Wildman–Crippen MR) is 134 cm³/mol. The van der Waals surface area contributed by atoms with Gasteiger partial charge in [-0.25, -0.2) is 0 Å². The summed E-state index contributed by atoms with van der Waals surface area (Å²) in [5.74, 6) is 1.34. The fourth-order valence-electron chi connectivity index (χ4n) is 10.1. The Bertz CT molecular complexity index is 917. The number of allylic oxidation sites excluding steroid dienone is 1. The van der Waals surface area contributed by atoms with Crippen molar-refractivity contribution in [3.63, 3.8) is 0 Å². The lowest BCUT2D eigenvalue weighted by atomic mass is 9.43. The van der Waals surface area contributed by atoms with Crippen molar-refractivity contribution in [2.75, 3.05) is 0 Å². The molecule has 1 unspecified atom stereocenters. The van der Waals surface area contributed by atoms with Crippen LogP contribution in [0, 0.1) is 39.4 Å². The molecule has 1 aliphatic heterocycles. The molecule has 2 N–H and O–H groups in total. The molecule has 0 amide bonds. The summed E-state index contributed by atoms with van der Waals surface area (Å²) in [7, 11) is 0. The van der Waals surface area contributed by atoms with Gasteiger partial charge in [0.2, 0.25) is 0 Å². The second kappa shape index (κ2) is 7.42. The van der Waals surface area contributed by atoms with Crippen molar-refractivity contribution < 1.29 is 19.7 Å². The number of ether oxygens (including phenoxy) is 1. The number of fused-ring (bicyclic) bond motifs is 4. The Balaban J connectivity index is 1.46. The van der Waals surface area contributed by atoms with Crippen molar-refractivity contribution in [2.45, 2.75) is 131 Å². The molecule has 0 aromatic rings. The molecule has 0 radical (unpaired) electrons. The van der Waals surface area contributed by atoms with Crippen LogP contribution in [0.25, 0.3) is 0 Å². The second-order valence-electron chi connectivity index (χ2n) is 14.6. The van der Waals surface area contributed by atoms with Crippen LogP contribution in [-0.2, 0) is 9.53 Å². The topological polar surface area (TPSA) is 70.1 Å². The Morgan fingerprint density at radius 1 is 1.00 bits per heavy atom. The van der Waals surface area contributed by atoms with Crippen LogP contribution in [0.4, 0.5) is 0 Å². The van der Waals surface area contributed by atoms with Gasteiger partial charge in [0.25, 0.3) is 0 Å². The lowest BCUT2D eigenvalue weighted by molar-refractivity contribution is -0.148. The number of hydrogen-bond acceptors (Lipinski definition) is 4. The first kappa shape index (κ1) is 25.0. The lowest BCUT2D eigenvalue weighted by Gasteiger charge is -2.62. The molecule has 5 rings (SSSR count). The van der Waals surface area contributed by atoms with E-state index in [0.717, 1.165) is 32.1 Å². The SMILES string of the molecule is C[C@@H](CC(O)[C@@H]1OC1(C)C)[C@@H]1CC[C@]2(C)C3=C(CC[C@@]12C)[C@@]1(C)CCC(=O)C(C)(C)[C@@H]1[C@H](O)C3. The van der Waals surface area contributed by atoms with Crippen LogP contribution in [-0.4, -0.2) is 39.9 Å². The number of rotatable bonds is 4. The number of ketones is 1. The van der Waals surface area contributed by atoms with Gasteiger partial charge in [0.15, 0.2) is 0 Å². The first-order valence-electron chi connectivity index (χ1n) is 13.9. The number of Topliss-reactive ketones (excluding diaryl/α,β-unsaturated/α-hetero) is 1. The van der Waals surface area contributed by atoms with Crippen LogP contribution >= 0.6 is 0 Å². The highest BCUT2D eigenvalue weighted by molar-refractivity contribution is 5.86. The fraction of sp³-hybridized carbons (Fsp3) is 0.900. The maximum absolute atomic E-state index is 12.9. The van der Waals surface area contributed by atoms with E-state index in [1.807, 2.05) is 0 Å². The summed E-state index contributed by atoms with van der Waals surface area (Å²) in [4.78, 5) is 12.9. The van der Waals surface area contributed by atoms with Gasteiger partial charge in [0, 0.05) is 17.8 Å². The normalized spacial score (nSPS) is 48.6. The molecule has 0 bridgehead atoms. The largest absolute Gasteiger partial charge is 0.392 e. The second-order valence-corrected chi connectivity index (χ2v) is 14.6. The predicted octanol–water partition coefficient (Wildman–Crippen LogP) is 5.84. The summed E-state index contributed by atoms with van der Waals surface area (Å²) in [5.41, 5.74) is 2.65. The molecule has 5 aliphatic rings. The third-order valence-electron chi connectivity index (χ3n) is 12.2. The smallest absolute Gasteiger partial charge is 0.138 e. The van der Waals surface area contributed by atoms with Gasteiger partial charge >= 0.3 is 0 Å². The first-order chi connectivity index (χ1) is 15.6. The summed E-state index contributed by atoms with van der Waals surface area (Å²) < 4.78 is 5.74. The van der Waals surface area contributed by atoms with Gasteiger partial charge in [-0.3, -0.25) is 4.79 Å². The summed E-state index contributed by atoms with van der Waals surface area (Å²) in [6.45, 7) is 18.0. The fourth-order valence-corrected chi connectivity index (χ4v) is 10.1. The first-order valence-corrected chi connectivity index (χ1v) is 13.9. The van der Waals surface area contributed by atoms with Crippen molar-refractivity contribution in [2.24, 2.45) is 39.4 Å². The van der Waals surface area contributed by atoms with Crippen LogP contribution < -0.4 is 0 Å². The monoisotopic (exact) mass is 472 g/mol. The molecule has 4 nitrogen and oxygen atoms in total. The molecular weight excluding hydrogens is 424 g/mol. The van der Waals surface area contributed by atoms with Gasteiger partial charge in [-0.1, -0.05) is 52.7 Å². The molecule has 2 saturated carbocycles. The molecule has 1 saturated heterocycles. The number of aliphatic hydroxyl groups excluding tert-OH is 2. The van der Waals surface area contributed by atoms with E-state index in [1.54, 1.807) is 5.57 Å². The number of carbonyl (C=O) groups is 1. The molecule has 9 atom stereocenters. The minimum absolute atomic E-state index is 0.0149. The molecule has 192 valence electrons. The zero-order valence-corrected chi connectivity index (χ0v) is 22.8. The van der Waals surface area contributed by atoms with Gasteiger partial charge in [-0.2, -0.15) is 0 Å². The van der Waals surface area contributed by atoms with E-state index in [1.165, 1.54) is 18.4 Å². The molecule has 3 fully saturated rings. The van der Waals surface area contributed by atoms with E-state index in [0.29, 0.717) is 24.0 Å². The third-order valence-corrected chi connectivity index (χ3v) is 12.2. The van der Waals surface area contributed by atoms with Crippen molar-refractivity contribution in [3.05, 3.63) is 11.1 Å².